The number of fused-ring (bicyclic) bond motifs is 1. The number of rotatable bonds is 5. The minimum atomic E-state index is -3.40. The predicted molar refractivity (Wildman–Crippen MR) is 79.5 cm³/mol. The molecule has 118 valence electrons. The van der Waals surface area contributed by atoms with Crippen LogP contribution < -0.4 is 5.32 Å². The molecule has 21 heavy (non-hydrogen) atoms. The van der Waals surface area contributed by atoms with Crippen molar-refractivity contribution in [3.8, 4) is 0 Å². The topological polar surface area (TPSA) is 70.5 Å². The van der Waals surface area contributed by atoms with Crippen LogP contribution in [-0.4, -0.2) is 73.2 Å². The summed E-state index contributed by atoms with van der Waals surface area (Å²) >= 11 is 0. The lowest BCUT2D eigenvalue weighted by atomic mass is 10.2. The van der Waals surface area contributed by atoms with Crippen molar-refractivity contribution in [2.24, 2.45) is 0 Å². The van der Waals surface area contributed by atoms with Crippen molar-refractivity contribution < 1.29 is 8.42 Å². The molecule has 1 aromatic heterocycles. The molecule has 1 aromatic rings. The van der Waals surface area contributed by atoms with E-state index in [4.69, 9.17) is 0 Å². The molecule has 0 radical (unpaired) electrons. The number of aromatic nitrogens is 2. The Labute approximate surface area is 126 Å². The highest BCUT2D eigenvalue weighted by molar-refractivity contribution is 7.89. The summed E-state index contributed by atoms with van der Waals surface area (Å²) in [6.07, 6.45) is 5.38. The van der Waals surface area contributed by atoms with Gasteiger partial charge in [-0.1, -0.05) is 0 Å². The first-order valence-corrected chi connectivity index (χ1v) is 8.96. The largest absolute Gasteiger partial charge is 0.318 e. The molecule has 2 aliphatic heterocycles. The van der Waals surface area contributed by atoms with E-state index >= 15 is 0 Å². The highest BCUT2D eigenvalue weighted by Crippen LogP contribution is 2.25. The van der Waals surface area contributed by atoms with E-state index in [0.717, 1.165) is 26.1 Å². The van der Waals surface area contributed by atoms with Gasteiger partial charge in [0.25, 0.3) is 0 Å². The first-order valence-electron chi connectivity index (χ1n) is 7.52. The van der Waals surface area contributed by atoms with Crippen molar-refractivity contribution in [2.45, 2.75) is 30.3 Å². The molecule has 3 heterocycles. The van der Waals surface area contributed by atoms with E-state index in [1.807, 2.05) is 7.05 Å². The maximum atomic E-state index is 12.7. The number of sulfonamides is 1. The molecule has 0 spiro atoms. The van der Waals surface area contributed by atoms with Crippen LogP contribution in [0.25, 0.3) is 0 Å². The van der Waals surface area contributed by atoms with Crippen LogP contribution >= 0.6 is 0 Å². The molecule has 2 aliphatic rings. The van der Waals surface area contributed by atoms with Gasteiger partial charge in [-0.05, 0) is 26.4 Å². The van der Waals surface area contributed by atoms with Gasteiger partial charge in [-0.15, -0.1) is 0 Å². The fraction of sp³-hybridized carbons (Fsp3) is 0.769. The highest BCUT2D eigenvalue weighted by atomic mass is 32.2. The van der Waals surface area contributed by atoms with Gasteiger partial charge in [-0.25, -0.2) is 8.42 Å². The average Bonchev–Trinajstić information content (AvgIpc) is 3.13. The van der Waals surface area contributed by atoms with Gasteiger partial charge < -0.3 is 5.32 Å². The Balaban J connectivity index is 1.72. The number of likely N-dealkylation sites (N-methyl/N-ethyl adjacent to an activating group) is 1. The molecular weight excluding hydrogens is 290 g/mol. The fourth-order valence-electron chi connectivity index (χ4n) is 3.16. The van der Waals surface area contributed by atoms with Crippen LogP contribution in [0.4, 0.5) is 0 Å². The number of piperazine rings is 1. The summed E-state index contributed by atoms with van der Waals surface area (Å²) in [5.41, 5.74) is 0. The summed E-state index contributed by atoms with van der Waals surface area (Å²) in [6, 6.07) is 0.396. The Morgan fingerprint density at radius 2 is 2.24 bits per heavy atom. The Morgan fingerprint density at radius 3 is 3.05 bits per heavy atom. The number of hydrogen-bond donors (Lipinski definition) is 1. The summed E-state index contributed by atoms with van der Waals surface area (Å²) in [5.74, 6) is 0. The molecule has 7 nitrogen and oxygen atoms in total. The second kappa shape index (κ2) is 6.04. The van der Waals surface area contributed by atoms with Crippen molar-refractivity contribution in [2.75, 3.05) is 39.8 Å². The minimum absolute atomic E-state index is 0.310. The molecule has 8 heteroatoms. The lowest BCUT2D eigenvalue weighted by molar-refractivity contribution is 0.158. The van der Waals surface area contributed by atoms with Gasteiger partial charge in [0.15, 0.2) is 0 Å². The molecule has 2 fully saturated rings. The van der Waals surface area contributed by atoms with Gasteiger partial charge >= 0.3 is 0 Å². The van der Waals surface area contributed by atoms with Crippen LogP contribution in [0.15, 0.2) is 17.3 Å². The van der Waals surface area contributed by atoms with E-state index in [2.05, 4.69) is 15.3 Å². The number of nitrogens with zero attached hydrogens (tertiary/aromatic N) is 4. The van der Waals surface area contributed by atoms with Crippen LogP contribution in [0.3, 0.4) is 0 Å². The second-order valence-corrected chi connectivity index (χ2v) is 7.68. The highest BCUT2D eigenvalue weighted by Gasteiger charge is 2.36. The molecule has 1 atom stereocenters. The molecule has 0 aromatic carbocycles. The molecule has 0 saturated carbocycles. The fourth-order valence-corrected chi connectivity index (χ4v) is 4.58. The van der Waals surface area contributed by atoms with Crippen LogP contribution in [0, 0.1) is 0 Å². The predicted octanol–water partition coefficient (Wildman–Crippen LogP) is -0.429. The number of hydrogen-bond acceptors (Lipinski definition) is 5. The Kier molecular flexibility index (Phi) is 4.30. The van der Waals surface area contributed by atoms with E-state index in [-0.39, 0.29) is 0 Å². The van der Waals surface area contributed by atoms with Gasteiger partial charge in [0.1, 0.15) is 4.90 Å². The maximum Gasteiger partial charge on any atom is 0.246 e. The van der Waals surface area contributed by atoms with Crippen LogP contribution in [0.1, 0.15) is 12.8 Å². The summed E-state index contributed by atoms with van der Waals surface area (Å²) in [5, 5.41) is 7.17. The molecule has 1 N–H and O–H groups in total. The molecular formula is C13H23N5O2S. The van der Waals surface area contributed by atoms with E-state index in [1.54, 1.807) is 15.2 Å². The summed E-state index contributed by atoms with van der Waals surface area (Å²) in [6.45, 7) is 4.59. The van der Waals surface area contributed by atoms with Crippen molar-refractivity contribution in [3.05, 3.63) is 12.4 Å². The maximum absolute atomic E-state index is 12.7. The van der Waals surface area contributed by atoms with E-state index in [1.165, 1.54) is 12.6 Å². The number of nitrogens with one attached hydrogen (secondary N) is 1. The average molecular weight is 313 g/mol. The minimum Gasteiger partial charge on any atom is -0.318 e. The zero-order valence-corrected chi connectivity index (χ0v) is 13.2. The second-order valence-electron chi connectivity index (χ2n) is 5.74. The van der Waals surface area contributed by atoms with Gasteiger partial charge in [-0.3, -0.25) is 9.58 Å². The summed E-state index contributed by atoms with van der Waals surface area (Å²) in [4.78, 5) is 2.72. The lowest BCUT2D eigenvalue weighted by Gasteiger charge is -2.36. The SMILES string of the molecule is CNCCn1cc(S(=O)(=O)N2CCN3CCCC3C2)cn1. The third-order valence-electron chi connectivity index (χ3n) is 4.39. The zero-order valence-electron chi connectivity index (χ0n) is 12.4. The standard InChI is InChI=1S/C13H23N5O2S/c1-14-4-6-17-11-13(9-15-17)21(19,20)18-8-7-16-5-2-3-12(16)10-18/h9,11-12,14H,2-8,10H2,1H3. The molecule has 1 unspecified atom stereocenters. The van der Waals surface area contributed by atoms with Crippen LogP contribution in [0.2, 0.25) is 0 Å². The Morgan fingerprint density at radius 1 is 1.38 bits per heavy atom. The van der Waals surface area contributed by atoms with E-state index in [0.29, 0.717) is 30.6 Å². The van der Waals surface area contributed by atoms with Crippen molar-refractivity contribution in [3.63, 3.8) is 0 Å². The third kappa shape index (κ3) is 2.98. The van der Waals surface area contributed by atoms with Crippen molar-refractivity contribution in [1.29, 1.82) is 0 Å². The normalized spacial score (nSPS) is 24.3. The quantitative estimate of drug-likeness (QED) is 0.799. The molecule has 0 amide bonds. The molecule has 3 rings (SSSR count). The zero-order chi connectivity index (χ0) is 14.9. The third-order valence-corrected chi connectivity index (χ3v) is 6.21. The Hall–Kier alpha value is -0.960. The Bertz CT molecular complexity index is 585. The molecule has 0 bridgehead atoms. The van der Waals surface area contributed by atoms with E-state index in [9.17, 15) is 8.42 Å². The van der Waals surface area contributed by atoms with Gasteiger partial charge in [0, 0.05) is 38.4 Å². The summed E-state index contributed by atoms with van der Waals surface area (Å²) in [7, 11) is -1.54. The van der Waals surface area contributed by atoms with Gasteiger partial charge in [0.05, 0.1) is 12.7 Å². The van der Waals surface area contributed by atoms with Gasteiger partial charge in [-0.2, -0.15) is 9.40 Å². The van der Waals surface area contributed by atoms with Crippen molar-refractivity contribution >= 4 is 10.0 Å². The first kappa shape index (κ1) is 15.0. The molecule has 0 aliphatic carbocycles. The van der Waals surface area contributed by atoms with Crippen LogP contribution in [0.5, 0.6) is 0 Å². The van der Waals surface area contributed by atoms with Crippen LogP contribution in [-0.2, 0) is 16.6 Å². The van der Waals surface area contributed by atoms with Crippen molar-refractivity contribution in [1.82, 2.24) is 24.3 Å². The lowest BCUT2D eigenvalue weighted by Crippen LogP contribution is -2.51. The van der Waals surface area contributed by atoms with E-state index < -0.39 is 10.0 Å². The molecule has 2 saturated heterocycles. The smallest absolute Gasteiger partial charge is 0.246 e. The summed E-state index contributed by atoms with van der Waals surface area (Å²) < 4.78 is 28.7. The monoisotopic (exact) mass is 313 g/mol. The first-order chi connectivity index (χ1) is 10.1. The van der Waals surface area contributed by atoms with Gasteiger partial charge in [0.2, 0.25) is 10.0 Å².